The summed E-state index contributed by atoms with van der Waals surface area (Å²) < 4.78 is 5.89. The Balaban J connectivity index is 1.93. The molecule has 1 aliphatic rings. The number of hydrogen-bond acceptors (Lipinski definition) is 7. The molecule has 1 saturated heterocycles. The molecule has 8 heteroatoms. The molecule has 0 saturated carbocycles. The third-order valence-electron chi connectivity index (χ3n) is 5.72. The minimum Gasteiger partial charge on any atom is -0.505 e. The van der Waals surface area contributed by atoms with Crippen molar-refractivity contribution in [2.24, 2.45) is 0 Å². The number of rotatable bonds is 9. The van der Waals surface area contributed by atoms with Crippen LogP contribution >= 0.6 is 0 Å². The summed E-state index contributed by atoms with van der Waals surface area (Å²) in [5, 5.41) is 16.7. The number of para-hydroxylation sites is 1. The van der Waals surface area contributed by atoms with Crippen molar-refractivity contribution in [3.63, 3.8) is 0 Å². The van der Waals surface area contributed by atoms with Crippen molar-refractivity contribution in [3.05, 3.63) is 68.0 Å². The van der Waals surface area contributed by atoms with Gasteiger partial charge in [0, 0.05) is 20.7 Å². The van der Waals surface area contributed by atoms with Crippen molar-refractivity contribution in [2.75, 3.05) is 31.3 Å². The number of carbonyl (C=O) groups excluding carboxylic acids is 1. The van der Waals surface area contributed by atoms with Crippen LogP contribution in [0.15, 0.2) is 51.6 Å². The lowest BCUT2D eigenvalue weighted by Crippen LogP contribution is -2.43. The average Bonchev–Trinajstić information content (AvgIpc) is 3.34. The monoisotopic (exact) mass is 453 g/mol. The summed E-state index contributed by atoms with van der Waals surface area (Å²) >= 11 is 0. The van der Waals surface area contributed by atoms with E-state index >= 15 is 0 Å². The number of amides is 1. The van der Waals surface area contributed by atoms with E-state index in [0.717, 1.165) is 24.8 Å². The Labute approximate surface area is 193 Å². The molecule has 0 aromatic heterocycles. The van der Waals surface area contributed by atoms with E-state index in [2.05, 4.69) is 10.6 Å². The molecule has 0 bridgehead atoms. The van der Waals surface area contributed by atoms with Crippen molar-refractivity contribution >= 4 is 23.0 Å². The summed E-state index contributed by atoms with van der Waals surface area (Å²) in [5.74, 6) is -0.663. The Morgan fingerprint density at radius 3 is 2.61 bits per heavy atom. The number of anilines is 3. The van der Waals surface area contributed by atoms with Crippen LogP contribution in [0.1, 0.15) is 43.5 Å². The highest BCUT2D eigenvalue weighted by Gasteiger charge is 2.32. The molecule has 2 atom stereocenters. The lowest BCUT2D eigenvalue weighted by atomic mass is 9.97. The van der Waals surface area contributed by atoms with E-state index in [0.29, 0.717) is 6.61 Å². The van der Waals surface area contributed by atoms with Crippen molar-refractivity contribution < 1.29 is 14.6 Å². The highest BCUT2D eigenvalue weighted by Crippen LogP contribution is 2.33. The van der Waals surface area contributed by atoms with Crippen molar-refractivity contribution in [1.82, 2.24) is 4.90 Å². The van der Waals surface area contributed by atoms with Crippen LogP contribution in [0.5, 0.6) is 5.75 Å². The molecule has 2 aromatic carbocycles. The summed E-state index contributed by atoms with van der Waals surface area (Å²) in [4.78, 5) is 38.5. The summed E-state index contributed by atoms with van der Waals surface area (Å²) in [5.41, 5.74) is 0.120. The number of phenolic OH excluding ortho intramolecular Hbond substituents is 1. The molecule has 2 unspecified atom stereocenters. The number of carbonyl (C=O) groups is 1. The lowest BCUT2D eigenvalue weighted by molar-refractivity contribution is 0.0824. The smallest absolute Gasteiger partial charge is 0.257 e. The Morgan fingerprint density at radius 1 is 1.27 bits per heavy atom. The fraction of sp³-hybridized carbons (Fsp3) is 0.400. The van der Waals surface area contributed by atoms with Gasteiger partial charge in [-0.1, -0.05) is 31.2 Å². The van der Waals surface area contributed by atoms with Gasteiger partial charge in [-0.3, -0.25) is 14.4 Å². The van der Waals surface area contributed by atoms with E-state index in [1.807, 2.05) is 32.1 Å². The third-order valence-corrected chi connectivity index (χ3v) is 5.72. The van der Waals surface area contributed by atoms with Crippen LogP contribution in [-0.4, -0.2) is 48.8 Å². The standard InChI is InChI=1S/C25H31N3O5/c1-5-7-10-15(6-2)19(18-13-9-14-33-18)27-21-20(23(30)24(21)31)26-17-12-8-11-16(22(17)29)25(32)28(3)4/h6-8,10-12,18-19,26-27,29H,5,9,13-14H2,1-4H3/b10-7-,15-6+. The molecule has 0 spiro atoms. The van der Waals surface area contributed by atoms with Crippen LogP contribution in [0, 0.1) is 0 Å². The van der Waals surface area contributed by atoms with E-state index in [1.165, 1.54) is 11.0 Å². The van der Waals surface area contributed by atoms with Crippen LogP contribution in [0.3, 0.4) is 0 Å². The molecule has 176 valence electrons. The van der Waals surface area contributed by atoms with E-state index in [1.54, 1.807) is 26.2 Å². The molecule has 2 aromatic rings. The second kappa shape index (κ2) is 10.5. The van der Waals surface area contributed by atoms with Gasteiger partial charge in [-0.2, -0.15) is 0 Å². The normalized spacial score (nSPS) is 17.5. The number of hydrogen-bond donors (Lipinski definition) is 3. The molecule has 1 heterocycles. The molecule has 3 N–H and O–H groups in total. The maximum absolute atomic E-state index is 12.5. The minimum atomic E-state index is -0.682. The zero-order valence-electron chi connectivity index (χ0n) is 19.5. The molecule has 0 aliphatic carbocycles. The number of benzene rings is 1. The van der Waals surface area contributed by atoms with Gasteiger partial charge in [-0.15, -0.1) is 0 Å². The highest BCUT2D eigenvalue weighted by atomic mass is 16.5. The summed E-state index contributed by atoms with van der Waals surface area (Å²) in [7, 11) is 3.16. The van der Waals surface area contributed by atoms with E-state index < -0.39 is 10.9 Å². The number of phenols is 1. The lowest BCUT2D eigenvalue weighted by Gasteiger charge is -2.28. The van der Waals surface area contributed by atoms with Crippen molar-refractivity contribution in [1.29, 1.82) is 0 Å². The van der Waals surface area contributed by atoms with E-state index in [9.17, 15) is 19.5 Å². The third kappa shape index (κ3) is 5.01. The average molecular weight is 454 g/mol. The maximum Gasteiger partial charge on any atom is 0.257 e. The van der Waals surface area contributed by atoms with Gasteiger partial charge in [0.05, 0.1) is 23.4 Å². The van der Waals surface area contributed by atoms with Crippen LogP contribution in [0.25, 0.3) is 0 Å². The van der Waals surface area contributed by atoms with Gasteiger partial charge in [0.2, 0.25) is 0 Å². The molecular weight excluding hydrogens is 422 g/mol. The number of nitrogens with one attached hydrogen (secondary N) is 2. The van der Waals surface area contributed by atoms with Gasteiger partial charge in [0.15, 0.2) is 5.75 Å². The number of nitrogens with zero attached hydrogens (tertiary/aromatic N) is 1. The van der Waals surface area contributed by atoms with E-state index in [4.69, 9.17) is 4.74 Å². The van der Waals surface area contributed by atoms with Gasteiger partial charge >= 0.3 is 0 Å². The van der Waals surface area contributed by atoms with Crippen LogP contribution in [0.4, 0.5) is 17.1 Å². The maximum atomic E-state index is 12.5. The molecule has 1 amide bonds. The molecule has 3 rings (SSSR count). The summed E-state index contributed by atoms with van der Waals surface area (Å²) in [6.45, 7) is 4.61. The zero-order chi connectivity index (χ0) is 24.1. The second-order valence-electron chi connectivity index (χ2n) is 8.21. The highest BCUT2D eigenvalue weighted by molar-refractivity contribution is 5.99. The van der Waals surface area contributed by atoms with E-state index in [-0.39, 0.29) is 46.4 Å². The zero-order valence-corrected chi connectivity index (χ0v) is 19.5. The first-order chi connectivity index (χ1) is 15.8. The Bertz CT molecular complexity index is 1140. The predicted octanol–water partition coefficient (Wildman–Crippen LogP) is 3.31. The first kappa shape index (κ1) is 24.3. The Hall–Kier alpha value is -3.39. The van der Waals surface area contributed by atoms with Crippen LogP contribution < -0.4 is 21.5 Å². The van der Waals surface area contributed by atoms with Gasteiger partial charge < -0.3 is 25.4 Å². The SMILES string of the molecule is C/C=C(\C=C/CC)C(Nc1c(Nc2cccc(C(=O)N(C)C)c2O)c(=O)c1=O)C1CCCO1. The first-order valence-electron chi connectivity index (χ1n) is 11.1. The fourth-order valence-corrected chi connectivity index (χ4v) is 3.89. The topological polar surface area (TPSA) is 108 Å². The molecular formula is C25H31N3O5. The van der Waals surface area contributed by atoms with Crippen molar-refractivity contribution in [3.8, 4) is 5.75 Å². The first-order valence-corrected chi connectivity index (χ1v) is 11.1. The molecule has 33 heavy (non-hydrogen) atoms. The van der Waals surface area contributed by atoms with Gasteiger partial charge in [0.25, 0.3) is 16.8 Å². The quantitative estimate of drug-likeness (QED) is 0.304. The van der Waals surface area contributed by atoms with Gasteiger partial charge in [-0.25, -0.2) is 0 Å². The van der Waals surface area contributed by atoms with Crippen LogP contribution in [-0.2, 0) is 4.74 Å². The molecule has 8 nitrogen and oxygen atoms in total. The van der Waals surface area contributed by atoms with Gasteiger partial charge in [0.1, 0.15) is 11.4 Å². The van der Waals surface area contributed by atoms with Gasteiger partial charge in [-0.05, 0) is 43.9 Å². The molecule has 0 radical (unpaired) electrons. The fourth-order valence-electron chi connectivity index (χ4n) is 3.89. The number of ether oxygens (including phenoxy) is 1. The second-order valence-corrected chi connectivity index (χ2v) is 8.21. The minimum absolute atomic E-state index is 0.0580. The summed E-state index contributed by atoms with van der Waals surface area (Å²) in [6.07, 6.45) is 8.49. The molecule has 1 fully saturated rings. The Morgan fingerprint density at radius 2 is 2.00 bits per heavy atom. The number of aromatic hydroxyl groups is 1. The Kier molecular flexibility index (Phi) is 7.71. The largest absolute Gasteiger partial charge is 0.505 e. The van der Waals surface area contributed by atoms with Crippen LogP contribution in [0.2, 0.25) is 0 Å². The van der Waals surface area contributed by atoms with Crippen molar-refractivity contribution in [2.45, 2.75) is 45.3 Å². The molecule has 1 aliphatic heterocycles. The summed E-state index contributed by atoms with van der Waals surface area (Å²) in [6, 6.07) is 4.33. The predicted molar refractivity (Wildman–Crippen MR) is 130 cm³/mol. The number of allylic oxidation sites excluding steroid dienone is 2.